The molecule has 1 atom stereocenters. The Labute approximate surface area is 123 Å². The summed E-state index contributed by atoms with van der Waals surface area (Å²) in [5.41, 5.74) is -1.12. The molecule has 1 N–H and O–H groups in total. The SMILES string of the molecule is CC(C)(C)OC(=O)N1CCC2=CC(=O)CCC2(C(=O)O)C1. The van der Waals surface area contributed by atoms with E-state index in [4.69, 9.17) is 4.74 Å². The molecule has 6 nitrogen and oxygen atoms in total. The summed E-state index contributed by atoms with van der Waals surface area (Å²) in [5.74, 6) is -1.01. The molecular weight excluding hydrogens is 274 g/mol. The molecule has 2 aliphatic rings. The van der Waals surface area contributed by atoms with Crippen molar-refractivity contribution >= 4 is 17.8 Å². The number of hydrogen-bond donors (Lipinski definition) is 1. The van der Waals surface area contributed by atoms with Gasteiger partial charge in [-0.2, -0.15) is 0 Å². The molecule has 0 spiro atoms. The van der Waals surface area contributed by atoms with Crippen molar-refractivity contribution in [3.8, 4) is 0 Å². The topological polar surface area (TPSA) is 83.9 Å². The van der Waals surface area contributed by atoms with Crippen molar-refractivity contribution in [2.45, 2.75) is 45.6 Å². The average molecular weight is 295 g/mol. The van der Waals surface area contributed by atoms with Crippen LogP contribution < -0.4 is 0 Å². The number of piperidine rings is 1. The third kappa shape index (κ3) is 3.09. The predicted octanol–water partition coefficient (Wildman–Crippen LogP) is 1.99. The Balaban J connectivity index is 2.22. The van der Waals surface area contributed by atoms with Crippen LogP contribution in [-0.4, -0.2) is 46.5 Å². The highest BCUT2D eigenvalue weighted by atomic mass is 16.6. The van der Waals surface area contributed by atoms with Gasteiger partial charge in [-0.1, -0.05) is 0 Å². The van der Waals surface area contributed by atoms with Gasteiger partial charge in [-0.05, 0) is 45.3 Å². The van der Waals surface area contributed by atoms with Crippen molar-refractivity contribution in [2.24, 2.45) is 5.41 Å². The lowest BCUT2D eigenvalue weighted by atomic mass is 9.68. The highest BCUT2D eigenvalue weighted by molar-refractivity contribution is 5.95. The number of fused-ring (bicyclic) bond motifs is 1. The minimum Gasteiger partial charge on any atom is -0.481 e. The van der Waals surface area contributed by atoms with Crippen molar-refractivity contribution in [2.75, 3.05) is 13.1 Å². The molecule has 0 bridgehead atoms. The van der Waals surface area contributed by atoms with E-state index in [-0.39, 0.29) is 25.2 Å². The molecule has 0 radical (unpaired) electrons. The summed E-state index contributed by atoms with van der Waals surface area (Å²) in [6, 6.07) is 0. The lowest BCUT2D eigenvalue weighted by molar-refractivity contribution is -0.149. The van der Waals surface area contributed by atoms with E-state index in [1.54, 1.807) is 20.8 Å². The number of amides is 1. The molecule has 1 unspecified atom stereocenters. The zero-order chi connectivity index (χ0) is 15.8. The maximum Gasteiger partial charge on any atom is 0.410 e. The van der Waals surface area contributed by atoms with Gasteiger partial charge >= 0.3 is 12.1 Å². The predicted molar refractivity (Wildman–Crippen MR) is 74.8 cm³/mol. The second-order valence-electron chi connectivity index (χ2n) is 6.68. The van der Waals surface area contributed by atoms with E-state index in [1.165, 1.54) is 11.0 Å². The van der Waals surface area contributed by atoms with Crippen molar-refractivity contribution in [3.05, 3.63) is 11.6 Å². The van der Waals surface area contributed by atoms with Gasteiger partial charge in [0, 0.05) is 19.5 Å². The zero-order valence-electron chi connectivity index (χ0n) is 12.6. The molecular formula is C15H21NO5. The summed E-state index contributed by atoms with van der Waals surface area (Å²) in [5, 5.41) is 9.61. The second kappa shape index (κ2) is 5.16. The van der Waals surface area contributed by atoms with Gasteiger partial charge < -0.3 is 14.7 Å². The van der Waals surface area contributed by atoms with Gasteiger partial charge in [0.25, 0.3) is 0 Å². The fourth-order valence-electron chi connectivity index (χ4n) is 2.85. The molecule has 1 heterocycles. The minimum absolute atomic E-state index is 0.0346. The normalized spacial score (nSPS) is 26.0. The quantitative estimate of drug-likeness (QED) is 0.799. The van der Waals surface area contributed by atoms with Gasteiger partial charge in [-0.3, -0.25) is 9.59 Å². The lowest BCUT2D eigenvalue weighted by Crippen LogP contribution is -2.53. The van der Waals surface area contributed by atoms with Gasteiger partial charge in [-0.25, -0.2) is 4.79 Å². The first kappa shape index (κ1) is 15.5. The molecule has 21 heavy (non-hydrogen) atoms. The molecule has 0 aromatic rings. The number of allylic oxidation sites excluding steroid dienone is 1. The van der Waals surface area contributed by atoms with Crippen molar-refractivity contribution in [1.29, 1.82) is 0 Å². The largest absolute Gasteiger partial charge is 0.481 e. The van der Waals surface area contributed by atoms with E-state index < -0.39 is 23.1 Å². The Hall–Kier alpha value is -1.85. The van der Waals surface area contributed by atoms with E-state index in [9.17, 15) is 19.5 Å². The highest BCUT2D eigenvalue weighted by Gasteiger charge is 2.49. The highest BCUT2D eigenvalue weighted by Crippen LogP contribution is 2.42. The van der Waals surface area contributed by atoms with Crippen LogP contribution in [0.15, 0.2) is 11.6 Å². The summed E-state index contributed by atoms with van der Waals surface area (Å²) in [6.45, 7) is 5.75. The van der Waals surface area contributed by atoms with Crippen LogP contribution >= 0.6 is 0 Å². The molecule has 6 heteroatoms. The van der Waals surface area contributed by atoms with Gasteiger partial charge in [0.15, 0.2) is 5.78 Å². The molecule has 116 valence electrons. The number of aliphatic carboxylic acids is 1. The Kier molecular flexibility index (Phi) is 3.82. The minimum atomic E-state index is -1.14. The molecule has 2 rings (SSSR count). The maximum atomic E-state index is 12.1. The van der Waals surface area contributed by atoms with Crippen LogP contribution in [0, 0.1) is 5.41 Å². The summed E-state index contributed by atoms with van der Waals surface area (Å²) in [7, 11) is 0. The number of carboxylic acid groups (broad SMARTS) is 1. The number of hydrogen-bond acceptors (Lipinski definition) is 4. The first-order valence-electron chi connectivity index (χ1n) is 7.09. The van der Waals surface area contributed by atoms with Crippen LogP contribution in [0.5, 0.6) is 0 Å². The van der Waals surface area contributed by atoms with Crippen molar-refractivity contribution in [1.82, 2.24) is 4.90 Å². The second-order valence-corrected chi connectivity index (χ2v) is 6.68. The van der Waals surface area contributed by atoms with Crippen molar-refractivity contribution in [3.63, 3.8) is 0 Å². The number of ether oxygens (including phenoxy) is 1. The van der Waals surface area contributed by atoms with E-state index in [1.807, 2.05) is 0 Å². The first-order chi connectivity index (χ1) is 9.64. The maximum absolute atomic E-state index is 12.1. The van der Waals surface area contributed by atoms with Gasteiger partial charge in [0.1, 0.15) is 11.0 Å². The van der Waals surface area contributed by atoms with Gasteiger partial charge in [0.05, 0.1) is 0 Å². The third-order valence-electron chi connectivity index (χ3n) is 3.92. The molecule has 1 aliphatic carbocycles. The van der Waals surface area contributed by atoms with E-state index in [2.05, 4.69) is 0 Å². The number of carbonyl (C=O) groups excluding carboxylic acids is 2. The molecule has 1 aliphatic heterocycles. The van der Waals surface area contributed by atoms with E-state index in [0.717, 1.165) is 0 Å². The molecule has 0 aromatic heterocycles. The Morgan fingerprint density at radius 3 is 2.57 bits per heavy atom. The fourth-order valence-corrected chi connectivity index (χ4v) is 2.85. The summed E-state index contributed by atoms with van der Waals surface area (Å²) >= 11 is 0. The number of carboxylic acids is 1. The van der Waals surface area contributed by atoms with Crippen LogP contribution in [0.2, 0.25) is 0 Å². The van der Waals surface area contributed by atoms with E-state index >= 15 is 0 Å². The lowest BCUT2D eigenvalue weighted by Gasteiger charge is -2.43. The average Bonchev–Trinajstić information content (AvgIpc) is 2.35. The summed E-state index contributed by atoms with van der Waals surface area (Å²) in [4.78, 5) is 36.8. The Morgan fingerprint density at radius 2 is 2.00 bits per heavy atom. The summed E-state index contributed by atoms with van der Waals surface area (Å²) in [6.07, 6.45) is 1.80. The molecule has 1 saturated heterocycles. The Bertz CT molecular complexity index is 517. The molecule has 1 amide bonds. The third-order valence-corrected chi connectivity index (χ3v) is 3.92. The summed E-state index contributed by atoms with van der Waals surface area (Å²) < 4.78 is 5.31. The van der Waals surface area contributed by atoms with Crippen LogP contribution in [0.3, 0.4) is 0 Å². The van der Waals surface area contributed by atoms with Crippen LogP contribution in [0.1, 0.15) is 40.0 Å². The van der Waals surface area contributed by atoms with Crippen LogP contribution in [-0.2, 0) is 14.3 Å². The Morgan fingerprint density at radius 1 is 1.33 bits per heavy atom. The van der Waals surface area contributed by atoms with Crippen molar-refractivity contribution < 1.29 is 24.2 Å². The molecule has 1 fully saturated rings. The molecule has 0 aromatic carbocycles. The zero-order valence-corrected chi connectivity index (χ0v) is 12.6. The number of ketones is 1. The molecule has 0 saturated carbocycles. The number of nitrogens with zero attached hydrogens (tertiary/aromatic N) is 1. The first-order valence-corrected chi connectivity index (χ1v) is 7.09. The monoisotopic (exact) mass is 295 g/mol. The van der Waals surface area contributed by atoms with Gasteiger partial charge in [-0.15, -0.1) is 0 Å². The van der Waals surface area contributed by atoms with Gasteiger partial charge in [0.2, 0.25) is 0 Å². The number of rotatable bonds is 1. The number of likely N-dealkylation sites (tertiary alicyclic amines) is 1. The fraction of sp³-hybridized carbons (Fsp3) is 0.667. The smallest absolute Gasteiger partial charge is 0.410 e. The van der Waals surface area contributed by atoms with Crippen LogP contribution in [0.4, 0.5) is 4.79 Å². The standard InChI is InChI=1S/C15H21NO5/c1-14(2,3)21-13(20)16-7-5-10-8-11(17)4-6-15(10,9-16)12(18)19/h8H,4-7,9H2,1-3H3,(H,18,19). The van der Waals surface area contributed by atoms with Crippen LogP contribution in [0.25, 0.3) is 0 Å². The number of carbonyl (C=O) groups is 3. The van der Waals surface area contributed by atoms with E-state index in [0.29, 0.717) is 18.5 Å².